The largest absolute Gasteiger partial charge is 0.506 e. The third-order valence-electron chi connectivity index (χ3n) is 4.62. The zero-order valence-electron chi connectivity index (χ0n) is 18.6. The van der Waals surface area contributed by atoms with Gasteiger partial charge in [0.15, 0.2) is 0 Å². The molecule has 8 nitrogen and oxygen atoms in total. The normalized spacial score (nSPS) is 12.2. The van der Waals surface area contributed by atoms with E-state index in [4.69, 9.17) is 4.74 Å². The number of aromatic nitrogens is 2. The molecule has 1 atom stereocenters. The summed E-state index contributed by atoms with van der Waals surface area (Å²) in [6.45, 7) is 5.54. The quantitative estimate of drug-likeness (QED) is 0.503. The molecule has 2 amide bonds. The average molecular weight is 457 g/mol. The zero-order chi connectivity index (χ0) is 23.3. The third-order valence-corrected chi connectivity index (χ3v) is 5.59. The van der Waals surface area contributed by atoms with Crippen LogP contribution in [-0.4, -0.2) is 45.1 Å². The molecular weight excluding hydrogens is 428 g/mol. The van der Waals surface area contributed by atoms with Crippen molar-refractivity contribution in [1.29, 1.82) is 0 Å². The summed E-state index contributed by atoms with van der Waals surface area (Å²) in [5.41, 5.74) is 1.65. The molecule has 0 bridgehead atoms. The number of thiophene rings is 1. The molecule has 0 saturated heterocycles. The van der Waals surface area contributed by atoms with Gasteiger partial charge in [0.2, 0.25) is 0 Å². The van der Waals surface area contributed by atoms with E-state index in [0.717, 1.165) is 16.9 Å². The van der Waals surface area contributed by atoms with E-state index in [-0.39, 0.29) is 17.2 Å². The molecule has 0 spiro atoms. The second kappa shape index (κ2) is 9.86. The van der Waals surface area contributed by atoms with Crippen LogP contribution in [0.5, 0.6) is 5.75 Å². The topological polar surface area (TPSA) is 105 Å². The summed E-state index contributed by atoms with van der Waals surface area (Å²) in [5.74, 6) is -0.498. The molecule has 1 aromatic carbocycles. The minimum atomic E-state index is -0.618. The maximum atomic E-state index is 13.0. The number of hydrogen-bond donors (Lipinski definition) is 3. The summed E-state index contributed by atoms with van der Waals surface area (Å²) in [6.07, 6.45) is 1.58. The molecular formula is C23H28N4O4S. The minimum Gasteiger partial charge on any atom is -0.506 e. The van der Waals surface area contributed by atoms with Crippen molar-refractivity contribution >= 4 is 23.3 Å². The first-order chi connectivity index (χ1) is 15.1. The number of nitrogens with one attached hydrogen (secondary N) is 2. The van der Waals surface area contributed by atoms with E-state index >= 15 is 0 Å². The molecule has 0 saturated carbocycles. The van der Waals surface area contributed by atoms with E-state index in [1.807, 2.05) is 30.3 Å². The first-order valence-corrected chi connectivity index (χ1v) is 11.1. The predicted molar refractivity (Wildman–Crippen MR) is 124 cm³/mol. The van der Waals surface area contributed by atoms with Gasteiger partial charge in [-0.3, -0.25) is 9.48 Å². The van der Waals surface area contributed by atoms with E-state index in [1.54, 1.807) is 50.1 Å². The maximum Gasteiger partial charge on any atom is 0.407 e. The number of rotatable bonds is 7. The Balaban J connectivity index is 1.73. The Morgan fingerprint density at radius 2 is 1.94 bits per heavy atom. The highest BCUT2D eigenvalue weighted by Gasteiger charge is 2.23. The van der Waals surface area contributed by atoms with Gasteiger partial charge in [0.05, 0.1) is 17.3 Å². The van der Waals surface area contributed by atoms with Crippen molar-refractivity contribution in [2.24, 2.45) is 7.05 Å². The van der Waals surface area contributed by atoms with Gasteiger partial charge >= 0.3 is 6.09 Å². The van der Waals surface area contributed by atoms with E-state index in [2.05, 4.69) is 15.7 Å². The van der Waals surface area contributed by atoms with Gasteiger partial charge in [0, 0.05) is 25.2 Å². The van der Waals surface area contributed by atoms with Crippen molar-refractivity contribution in [3.05, 3.63) is 58.4 Å². The molecule has 2 heterocycles. The van der Waals surface area contributed by atoms with Crippen LogP contribution < -0.4 is 10.6 Å². The Kier molecular flexibility index (Phi) is 7.19. The lowest BCUT2D eigenvalue weighted by Gasteiger charge is -2.23. The summed E-state index contributed by atoms with van der Waals surface area (Å²) in [5, 5.41) is 22.2. The third kappa shape index (κ3) is 6.10. The lowest BCUT2D eigenvalue weighted by molar-refractivity contribution is 0.0519. The molecule has 0 aliphatic heterocycles. The molecule has 2 aromatic heterocycles. The number of alkyl carbamates (subject to hydrolysis) is 1. The molecule has 3 aromatic rings. The Bertz CT molecular complexity index is 1070. The molecule has 0 aliphatic carbocycles. The van der Waals surface area contributed by atoms with Gasteiger partial charge in [-0.25, -0.2) is 4.79 Å². The Hall–Kier alpha value is -3.33. The maximum absolute atomic E-state index is 13.0. The van der Waals surface area contributed by atoms with Crippen LogP contribution in [0.3, 0.4) is 0 Å². The number of aryl methyl sites for hydroxylation is 1. The Morgan fingerprint density at radius 3 is 2.56 bits per heavy atom. The van der Waals surface area contributed by atoms with Crippen LogP contribution in [0.2, 0.25) is 0 Å². The zero-order valence-corrected chi connectivity index (χ0v) is 19.4. The minimum absolute atomic E-state index is 0.0883. The van der Waals surface area contributed by atoms with Crippen LogP contribution in [-0.2, 0) is 18.2 Å². The van der Waals surface area contributed by atoms with Crippen LogP contribution in [0.25, 0.3) is 11.3 Å². The highest BCUT2D eigenvalue weighted by Crippen LogP contribution is 2.37. The predicted octanol–water partition coefficient (Wildman–Crippen LogP) is 3.72. The summed E-state index contributed by atoms with van der Waals surface area (Å²) in [6, 6.07) is 11.0. The van der Waals surface area contributed by atoms with Gasteiger partial charge < -0.3 is 20.5 Å². The molecule has 0 aliphatic rings. The monoisotopic (exact) mass is 456 g/mol. The van der Waals surface area contributed by atoms with Crippen LogP contribution in [0.4, 0.5) is 4.79 Å². The van der Waals surface area contributed by atoms with Crippen LogP contribution in [0.15, 0.2) is 48.0 Å². The molecule has 0 fully saturated rings. The number of nitrogens with zero attached hydrogens (tertiary/aromatic N) is 2. The van der Waals surface area contributed by atoms with Crippen molar-refractivity contribution in [3.8, 4) is 17.0 Å². The van der Waals surface area contributed by atoms with Crippen molar-refractivity contribution in [1.82, 2.24) is 20.4 Å². The number of carbonyl (C=O) groups is 2. The number of carbonyl (C=O) groups excluding carboxylic acids is 2. The number of hydrogen-bond acceptors (Lipinski definition) is 6. The smallest absolute Gasteiger partial charge is 0.407 e. The van der Waals surface area contributed by atoms with Gasteiger partial charge in [-0.2, -0.15) is 5.10 Å². The summed E-state index contributed by atoms with van der Waals surface area (Å²) in [7, 11) is 1.77. The van der Waals surface area contributed by atoms with E-state index in [9.17, 15) is 14.7 Å². The molecule has 0 radical (unpaired) electrons. The summed E-state index contributed by atoms with van der Waals surface area (Å²) in [4.78, 5) is 25.3. The first kappa shape index (κ1) is 23.3. The van der Waals surface area contributed by atoms with Gasteiger partial charge in [-0.15, -0.1) is 11.3 Å². The number of aromatic hydroxyl groups is 1. The van der Waals surface area contributed by atoms with E-state index in [0.29, 0.717) is 17.7 Å². The molecule has 3 rings (SSSR count). The second-order valence-electron chi connectivity index (χ2n) is 8.41. The SMILES string of the molecule is Cn1nccc1-c1csc(C(=O)NC(CNC(=O)OC(C)(C)C)Cc2ccccc2)c1O. The number of benzene rings is 1. The fraction of sp³-hybridized carbons (Fsp3) is 0.348. The molecule has 32 heavy (non-hydrogen) atoms. The van der Waals surface area contributed by atoms with E-state index in [1.165, 1.54) is 0 Å². The van der Waals surface area contributed by atoms with Crippen LogP contribution in [0.1, 0.15) is 36.0 Å². The fourth-order valence-electron chi connectivity index (χ4n) is 3.18. The molecule has 170 valence electrons. The van der Waals surface area contributed by atoms with Crippen molar-refractivity contribution in [2.75, 3.05) is 6.54 Å². The lowest BCUT2D eigenvalue weighted by atomic mass is 10.1. The molecule has 3 N–H and O–H groups in total. The Labute approximate surface area is 191 Å². The van der Waals surface area contributed by atoms with E-state index < -0.39 is 23.6 Å². The highest BCUT2D eigenvalue weighted by atomic mass is 32.1. The van der Waals surface area contributed by atoms with Gasteiger partial charge in [-0.1, -0.05) is 30.3 Å². The summed E-state index contributed by atoms with van der Waals surface area (Å²) < 4.78 is 6.93. The lowest BCUT2D eigenvalue weighted by Crippen LogP contribution is -2.46. The van der Waals surface area contributed by atoms with Crippen LogP contribution >= 0.6 is 11.3 Å². The number of amides is 2. The van der Waals surface area contributed by atoms with Gasteiger partial charge in [-0.05, 0) is 38.8 Å². The van der Waals surface area contributed by atoms with Crippen molar-refractivity contribution < 1.29 is 19.4 Å². The average Bonchev–Trinajstić information content (AvgIpc) is 3.30. The van der Waals surface area contributed by atoms with Gasteiger partial charge in [0.25, 0.3) is 5.91 Å². The fourth-order valence-corrected chi connectivity index (χ4v) is 4.03. The second-order valence-corrected chi connectivity index (χ2v) is 9.29. The van der Waals surface area contributed by atoms with Crippen LogP contribution in [0, 0.1) is 0 Å². The van der Waals surface area contributed by atoms with Gasteiger partial charge in [0.1, 0.15) is 16.2 Å². The first-order valence-electron chi connectivity index (χ1n) is 10.2. The number of ether oxygens (including phenoxy) is 1. The van der Waals surface area contributed by atoms with Crippen molar-refractivity contribution in [2.45, 2.75) is 38.8 Å². The van der Waals surface area contributed by atoms with Crippen molar-refractivity contribution in [3.63, 3.8) is 0 Å². The highest BCUT2D eigenvalue weighted by molar-refractivity contribution is 7.13. The summed E-state index contributed by atoms with van der Waals surface area (Å²) >= 11 is 1.16. The Morgan fingerprint density at radius 1 is 1.22 bits per heavy atom. The molecule has 1 unspecified atom stereocenters. The standard InChI is InChI=1S/C23H28N4O4S/c1-23(2,3)31-22(30)24-13-16(12-15-8-6-5-7-9-15)26-21(29)20-19(28)17(14-32-20)18-10-11-25-27(18)4/h5-11,14,16,28H,12-13H2,1-4H3,(H,24,30)(H,26,29). The molecule has 9 heteroatoms.